The predicted octanol–water partition coefficient (Wildman–Crippen LogP) is 2.85. The molecule has 0 unspecified atom stereocenters. The lowest BCUT2D eigenvalue weighted by Crippen LogP contribution is -2.47. The zero-order valence-electron chi connectivity index (χ0n) is 15.8. The van der Waals surface area contributed by atoms with Crippen molar-refractivity contribution < 1.29 is 28.6 Å². The van der Waals surface area contributed by atoms with Crippen LogP contribution in [0.25, 0.3) is 0 Å². The van der Waals surface area contributed by atoms with Crippen molar-refractivity contribution in [3.05, 3.63) is 35.4 Å². The Morgan fingerprint density at radius 2 is 1.78 bits per heavy atom. The third-order valence-corrected chi connectivity index (χ3v) is 6.41. The van der Waals surface area contributed by atoms with Gasteiger partial charge in [-0.25, -0.2) is 0 Å². The van der Waals surface area contributed by atoms with Crippen LogP contribution in [0.5, 0.6) is 0 Å². The van der Waals surface area contributed by atoms with Gasteiger partial charge in [0.05, 0.1) is 19.3 Å². The molecule has 0 amide bonds. The summed E-state index contributed by atoms with van der Waals surface area (Å²) in [5, 5.41) is 0. The van der Waals surface area contributed by atoms with Crippen LogP contribution in [0.15, 0.2) is 24.3 Å². The van der Waals surface area contributed by atoms with Gasteiger partial charge >= 0.3 is 11.9 Å². The van der Waals surface area contributed by atoms with Crippen LogP contribution >= 0.6 is 0 Å². The van der Waals surface area contributed by atoms with Gasteiger partial charge in [0.25, 0.3) is 0 Å². The molecular weight excluding hydrogens is 348 g/mol. The van der Waals surface area contributed by atoms with Crippen molar-refractivity contribution in [2.75, 3.05) is 13.2 Å². The fourth-order valence-electron chi connectivity index (χ4n) is 5.24. The quantitative estimate of drug-likeness (QED) is 0.597. The second kappa shape index (κ2) is 6.16. The van der Waals surface area contributed by atoms with E-state index in [4.69, 9.17) is 14.2 Å². The molecule has 4 rings (SSSR count). The van der Waals surface area contributed by atoms with Crippen molar-refractivity contribution in [1.29, 1.82) is 0 Å². The highest BCUT2D eigenvalue weighted by molar-refractivity contribution is 6.09. The number of benzene rings is 1. The molecule has 2 heterocycles. The summed E-state index contributed by atoms with van der Waals surface area (Å²) in [6.45, 7) is 5.74. The van der Waals surface area contributed by atoms with Crippen LogP contribution in [-0.4, -0.2) is 36.5 Å². The van der Waals surface area contributed by atoms with Crippen LogP contribution in [0.1, 0.15) is 55.6 Å². The van der Waals surface area contributed by atoms with Crippen molar-refractivity contribution in [3.8, 4) is 0 Å². The fraction of sp³-hybridized carbons (Fsp3) is 0.571. The third-order valence-electron chi connectivity index (χ3n) is 6.41. The van der Waals surface area contributed by atoms with Gasteiger partial charge in [-0.3, -0.25) is 14.4 Å². The maximum atomic E-state index is 13.4. The van der Waals surface area contributed by atoms with Crippen LogP contribution < -0.4 is 0 Å². The molecule has 0 N–H and O–H groups in total. The van der Waals surface area contributed by atoms with E-state index in [2.05, 4.69) is 0 Å². The topological polar surface area (TPSA) is 78.9 Å². The number of hydrogen-bond acceptors (Lipinski definition) is 6. The van der Waals surface area contributed by atoms with E-state index in [9.17, 15) is 14.4 Å². The molecule has 1 saturated heterocycles. The molecule has 1 aromatic rings. The van der Waals surface area contributed by atoms with Gasteiger partial charge < -0.3 is 14.2 Å². The Morgan fingerprint density at radius 1 is 1.15 bits per heavy atom. The number of hydrogen-bond donors (Lipinski definition) is 0. The van der Waals surface area contributed by atoms with E-state index in [1.807, 2.05) is 25.1 Å². The van der Waals surface area contributed by atoms with Crippen molar-refractivity contribution >= 4 is 17.7 Å². The second-order valence-electron chi connectivity index (χ2n) is 7.71. The van der Waals surface area contributed by atoms with Crippen molar-refractivity contribution in [1.82, 2.24) is 0 Å². The highest BCUT2D eigenvalue weighted by Gasteiger charge is 2.73. The maximum Gasteiger partial charge on any atom is 0.323 e. The normalized spacial score (nSPS) is 32.6. The Balaban J connectivity index is 1.81. The van der Waals surface area contributed by atoms with E-state index in [1.165, 1.54) is 0 Å². The number of ketones is 1. The zero-order valence-corrected chi connectivity index (χ0v) is 15.8. The first-order chi connectivity index (χ1) is 12.9. The van der Waals surface area contributed by atoms with Gasteiger partial charge in [0.2, 0.25) is 0 Å². The van der Waals surface area contributed by atoms with Gasteiger partial charge in [-0.1, -0.05) is 31.2 Å². The number of carbonyl (C=O) groups excluding carboxylic acids is 3. The highest BCUT2D eigenvalue weighted by Crippen LogP contribution is 2.65. The van der Waals surface area contributed by atoms with Crippen LogP contribution in [0.4, 0.5) is 0 Å². The van der Waals surface area contributed by atoms with Crippen LogP contribution in [0, 0.1) is 17.3 Å². The van der Waals surface area contributed by atoms with E-state index in [0.29, 0.717) is 5.56 Å². The summed E-state index contributed by atoms with van der Waals surface area (Å²) < 4.78 is 16.8. The van der Waals surface area contributed by atoms with Gasteiger partial charge in [-0.05, 0) is 31.7 Å². The van der Waals surface area contributed by atoms with E-state index in [-0.39, 0.29) is 49.8 Å². The monoisotopic (exact) mass is 372 g/mol. The maximum absolute atomic E-state index is 13.4. The van der Waals surface area contributed by atoms with Crippen molar-refractivity contribution in [2.24, 2.45) is 17.3 Å². The summed E-state index contributed by atoms with van der Waals surface area (Å²) in [7, 11) is 0. The average Bonchev–Trinajstić information content (AvgIpc) is 3.13. The first-order valence-corrected chi connectivity index (χ1v) is 9.57. The Bertz CT molecular complexity index is 797. The molecule has 27 heavy (non-hydrogen) atoms. The van der Waals surface area contributed by atoms with Gasteiger partial charge in [0.1, 0.15) is 5.60 Å². The lowest BCUT2D eigenvalue weighted by atomic mass is 9.80. The molecule has 2 bridgehead atoms. The largest absolute Gasteiger partial charge is 0.465 e. The van der Waals surface area contributed by atoms with E-state index in [0.717, 1.165) is 5.56 Å². The number of rotatable bonds is 4. The molecule has 2 aliphatic heterocycles. The fourth-order valence-corrected chi connectivity index (χ4v) is 5.24. The smallest absolute Gasteiger partial charge is 0.323 e. The third kappa shape index (κ3) is 2.25. The predicted molar refractivity (Wildman–Crippen MR) is 94.9 cm³/mol. The zero-order chi connectivity index (χ0) is 19.4. The molecule has 1 saturated carbocycles. The van der Waals surface area contributed by atoms with Crippen molar-refractivity contribution in [3.63, 3.8) is 0 Å². The molecule has 1 aromatic carbocycles. The molecule has 0 aromatic heterocycles. The molecule has 144 valence electrons. The van der Waals surface area contributed by atoms with Crippen LogP contribution in [0.3, 0.4) is 0 Å². The molecule has 6 heteroatoms. The Morgan fingerprint density at radius 3 is 2.41 bits per heavy atom. The number of ether oxygens (including phenoxy) is 3. The van der Waals surface area contributed by atoms with E-state index >= 15 is 0 Å². The minimum atomic E-state index is -1.49. The number of fused-ring (bicyclic) bond motifs is 3. The summed E-state index contributed by atoms with van der Waals surface area (Å²) in [6.07, 6.45) is -0.00965. The summed E-state index contributed by atoms with van der Waals surface area (Å²) in [4.78, 5) is 39.1. The minimum Gasteiger partial charge on any atom is -0.465 e. The van der Waals surface area contributed by atoms with E-state index < -0.39 is 23.0 Å². The molecule has 1 aliphatic carbocycles. The molecule has 4 atom stereocenters. The van der Waals surface area contributed by atoms with Gasteiger partial charge in [-0.2, -0.15) is 0 Å². The first kappa shape index (κ1) is 18.2. The van der Waals surface area contributed by atoms with Gasteiger partial charge in [0.15, 0.2) is 11.2 Å². The summed E-state index contributed by atoms with van der Waals surface area (Å²) in [5.41, 5.74) is -1.13. The molecule has 0 radical (unpaired) electrons. The van der Waals surface area contributed by atoms with E-state index in [1.54, 1.807) is 19.9 Å². The Labute approximate surface area is 158 Å². The molecule has 3 aliphatic rings. The Hall–Kier alpha value is -2.21. The Kier molecular flexibility index (Phi) is 4.14. The summed E-state index contributed by atoms with van der Waals surface area (Å²) in [5.74, 6) is -1.61. The van der Waals surface area contributed by atoms with Crippen LogP contribution in [0.2, 0.25) is 0 Å². The second-order valence-corrected chi connectivity index (χ2v) is 7.71. The lowest BCUT2D eigenvalue weighted by Gasteiger charge is -2.35. The number of carbonyl (C=O) groups is 3. The summed E-state index contributed by atoms with van der Waals surface area (Å²) in [6, 6.07) is 7.46. The SMILES string of the molecule is CCOC(=O)C1(C(=O)OCC)C[C@@H]2[C@@H](C)[C@@H]3O[C@@]2(C1)C(=O)c1ccccc13. The number of Topliss-reactive ketones (excluding diaryl/α,β-unsaturated/α-hetero) is 1. The summed E-state index contributed by atoms with van der Waals surface area (Å²) >= 11 is 0. The van der Waals surface area contributed by atoms with Gasteiger partial charge in [-0.15, -0.1) is 0 Å². The van der Waals surface area contributed by atoms with Crippen molar-refractivity contribution in [2.45, 2.75) is 45.3 Å². The molecule has 6 nitrogen and oxygen atoms in total. The molecule has 2 fully saturated rings. The average molecular weight is 372 g/mol. The lowest BCUT2D eigenvalue weighted by molar-refractivity contribution is -0.174. The minimum absolute atomic E-state index is 0.00308. The number of esters is 2. The van der Waals surface area contributed by atoms with Gasteiger partial charge in [0, 0.05) is 17.9 Å². The molecule has 1 spiro atoms. The molecular formula is C21H24O6. The van der Waals surface area contributed by atoms with Crippen LogP contribution in [-0.2, 0) is 23.8 Å². The standard InChI is InChI=1S/C21H24O6/c1-4-25-18(23)20(19(24)26-5-2)10-15-12(3)16-13-8-6-7-9-14(13)17(22)21(15,11-20)27-16/h6-9,12,15-16H,4-5,10-11H2,1-3H3/t12-,15-,16+,21-/m1/s1. The first-order valence-electron chi connectivity index (χ1n) is 9.57. The highest BCUT2D eigenvalue weighted by atomic mass is 16.6.